The Bertz CT molecular complexity index is 10.8. The van der Waals surface area contributed by atoms with E-state index in [1.807, 2.05) is 0 Å². The van der Waals surface area contributed by atoms with Gasteiger partial charge in [0.15, 0.2) is 0 Å². The summed E-state index contributed by atoms with van der Waals surface area (Å²) in [7, 11) is 0. The Hall–Kier alpha value is 4.06. The van der Waals surface area contributed by atoms with Gasteiger partial charge in [-0.3, -0.25) is 0 Å². The Labute approximate surface area is 126 Å². The SMILES string of the molecule is [H-].[I-].[I-].[I-].[Na+].[Sc+3]. The van der Waals surface area contributed by atoms with Crippen molar-refractivity contribution in [1.29, 1.82) is 0 Å². The van der Waals surface area contributed by atoms with Crippen LogP contribution in [0.4, 0.5) is 0 Å². The van der Waals surface area contributed by atoms with Gasteiger partial charge >= 0.3 is 55.4 Å². The summed E-state index contributed by atoms with van der Waals surface area (Å²) >= 11 is 0. The molecule has 0 heterocycles. The molecule has 0 aromatic rings. The van der Waals surface area contributed by atoms with Crippen LogP contribution >= 0.6 is 0 Å². The predicted octanol–water partition coefficient (Wildman–Crippen LogP) is -11.9. The summed E-state index contributed by atoms with van der Waals surface area (Å²) in [4.78, 5) is 0. The number of hydrogen-bond donors (Lipinski definition) is 0. The van der Waals surface area contributed by atoms with Gasteiger partial charge in [-0.1, -0.05) is 0 Å². The van der Waals surface area contributed by atoms with Gasteiger partial charge in [-0.15, -0.1) is 0 Å². The third-order valence-corrected chi connectivity index (χ3v) is 0. The molecule has 0 bridgehead atoms. The number of halogens is 3. The van der Waals surface area contributed by atoms with Crippen LogP contribution in [0.3, 0.4) is 0 Å². The minimum atomic E-state index is 0. The molecule has 0 amide bonds. The van der Waals surface area contributed by atoms with Crippen LogP contribution in [0, 0.1) is 0 Å². The molecule has 5 heavy (non-hydrogen) atoms. The Morgan fingerprint density at radius 2 is 0.800 bits per heavy atom. The molecule has 0 atom stereocenters. The van der Waals surface area contributed by atoms with Crippen LogP contribution in [0.1, 0.15) is 1.43 Å². The molecule has 0 spiro atoms. The van der Waals surface area contributed by atoms with Crippen LogP contribution in [-0.2, 0) is 25.8 Å². The third kappa shape index (κ3) is 18.0. The van der Waals surface area contributed by atoms with Crippen molar-refractivity contribution in [2.75, 3.05) is 0 Å². The molecule has 0 unspecified atom stereocenters. The molecule has 0 aliphatic heterocycles. The average Bonchev–Trinajstić information content (AvgIpc) is 0. The fourth-order valence-corrected chi connectivity index (χ4v) is 0. The number of rotatable bonds is 0. The maximum atomic E-state index is 0. The van der Waals surface area contributed by atoms with E-state index in [9.17, 15) is 0 Å². The molecule has 5 heteroatoms. The first kappa shape index (κ1) is 35.7. The molecule has 0 saturated carbocycles. The largest absolute Gasteiger partial charge is 3.00 e. The Balaban J connectivity index is 0. The average molecular weight is 450 g/mol. The first-order chi connectivity index (χ1) is 0. The minimum Gasteiger partial charge on any atom is -1.00 e. The Kier molecular flexibility index (Phi) is 174. The molecule has 0 aliphatic rings. The van der Waals surface area contributed by atoms with E-state index in [-0.39, 0.29) is 129 Å². The standard InChI is InChI=1S/3HI.Na.Sc.H/h3*1H;;;/q;;;+1;+3;-1/p-3. The van der Waals surface area contributed by atoms with Crippen molar-refractivity contribution >= 4 is 0 Å². The summed E-state index contributed by atoms with van der Waals surface area (Å²) in [5, 5.41) is 0. The van der Waals surface area contributed by atoms with E-state index in [1.165, 1.54) is 0 Å². The monoisotopic (exact) mass is 450 g/mol. The zero-order chi connectivity index (χ0) is 0. The van der Waals surface area contributed by atoms with Gasteiger partial charge in [-0.05, 0) is 0 Å². The second-order valence-corrected chi connectivity index (χ2v) is 0. The van der Waals surface area contributed by atoms with Crippen LogP contribution < -0.4 is 101 Å². The quantitative estimate of drug-likeness (QED) is 0.255. The van der Waals surface area contributed by atoms with E-state index >= 15 is 0 Å². The summed E-state index contributed by atoms with van der Waals surface area (Å²) in [5.41, 5.74) is 0. The summed E-state index contributed by atoms with van der Waals surface area (Å²) in [6, 6.07) is 0. The molecule has 0 saturated heterocycles. The fraction of sp³-hybridized carbons (Fsp3) is 0. The molecular formula is HI3NaSc. The molecule has 0 aromatic carbocycles. The van der Waals surface area contributed by atoms with E-state index in [4.69, 9.17) is 0 Å². The molecule has 0 aromatic heterocycles. The molecule has 0 N–H and O–H groups in total. The second kappa shape index (κ2) is 24.4. The zero-order valence-corrected chi connectivity index (χ0v) is 13.0. The molecule has 0 aliphatic carbocycles. The van der Waals surface area contributed by atoms with Crippen LogP contribution in [0.15, 0.2) is 0 Å². The van der Waals surface area contributed by atoms with Crippen LogP contribution in [0.5, 0.6) is 0 Å². The molecule has 26 valence electrons. The summed E-state index contributed by atoms with van der Waals surface area (Å²) < 4.78 is 0. The number of hydrogen-bond acceptors (Lipinski definition) is 0. The van der Waals surface area contributed by atoms with E-state index in [2.05, 4.69) is 0 Å². The van der Waals surface area contributed by atoms with Crippen LogP contribution in [0.25, 0.3) is 0 Å². The van der Waals surface area contributed by atoms with Crippen molar-refractivity contribution in [1.82, 2.24) is 0 Å². The van der Waals surface area contributed by atoms with Gasteiger partial charge < -0.3 is 73.4 Å². The van der Waals surface area contributed by atoms with Crippen molar-refractivity contribution in [2.24, 2.45) is 0 Å². The van der Waals surface area contributed by atoms with E-state index in [0.29, 0.717) is 0 Å². The van der Waals surface area contributed by atoms with Crippen LogP contribution in [-0.4, -0.2) is 0 Å². The van der Waals surface area contributed by atoms with Crippen molar-refractivity contribution in [3.8, 4) is 0 Å². The fourth-order valence-electron chi connectivity index (χ4n) is 0. The molecule has 0 rings (SSSR count). The predicted molar refractivity (Wildman–Crippen MR) is 1.11 cm³/mol. The molecular weight excluding hydrogens is 449 g/mol. The van der Waals surface area contributed by atoms with Crippen LogP contribution in [0.2, 0.25) is 0 Å². The van der Waals surface area contributed by atoms with E-state index in [1.54, 1.807) is 0 Å². The van der Waals surface area contributed by atoms with Gasteiger partial charge in [0.1, 0.15) is 0 Å². The van der Waals surface area contributed by atoms with Gasteiger partial charge in [0.25, 0.3) is 0 Å². The molecule has 0 fully saturated rings. The van der Waals surface area contributed by atoms with Gasteiger partial charge in [0, 0.05) is 0 Å². The summed E-state index contributed by atoms with van der Waals surface area (Å²) in [6.07, 6.45) is 0. The Morgan fingerprint density at radius 1 is 0.800 bits per heavy atom. The van der Waals surface area contributed by atoms with E-state index < -0.39 is 0 Å². The van der Waals surface area contributed by atoms with Gasteiger partial charge in [0.05, 0.1) is 0 Å². The zero-order valence-electron chi connectivity index (χ0n) is 3.71. The topological polar surface area (TPSA) is 0 Å². The van der Waals surface area contributed by atoms with E-state index in [0.717, 1.165) is 0 Å². The first-order valence-corrected chi connectivity index (χ1v) is 0. The van der Waals surface area contributed by atoms with Crippen molar-refractivity contribution < 1.29 is 129 Å². The van der Waals surface area contributed by atoms with Crippen molar-refractivity contribution in [3.05, 3.63) is 0 Å². The minimum absolute atomic E-state index is 0. The van der Waals surface area contributed by atoms with Gasteiger partial charge in [-0.25, -0.2) is 0 Å². The smallest absolute Gasteiger partial charge is 1.00 e. The maximum Gasteiger partial charge on any atom is 3.00 e. The van der Waals surface area contributed by atoms with Gasteiger partial charge in [0.2, 0.25) is 0 Å². The van der Waals surface area contributed by atoms with Gasteiger partial charge in [-0.2, -0.15) is 0 Å². The third-order valence-electron chi connectivity index (χ3n) is 0. The first-order valence-electron chi connectivity index (χ1n) is 0. The molecule has 0 radical (unpaired) electrons. The van der Waals surface area contributed by atoms with Crippen molar-refractivity contribution in [3.63, 3.8) is 0 Å². The van der Waals surface area contributed by atoms with Crippen molar-refractivity contribution in [2.45, 2.75) is 0 Å². The summed E-state index contributed by atoms with van der Waals surface area (Å²) in [6.45, 7) is 0. The second-order valence-electron chi connectivity index (χ2n) is 0. The summed E-state index contributed by atoms with van der Waals surface area (Å²) in [5.74, 6) is 0. The maximum absolute atomic E-state index is 0. The Morgan fingerprint density at radius 3 is 0.800 bits per heavy atom. The normalized spacial score (nSPS) is 0. The molecule has 0 nitrogen and oxygen atoms in total.